The van der Waals surface area contributed by atoms with Crippen molar-refractivity contribution in [2.24, 2.45) is 0 Å². The molecular weight excluding hydrogens is 347 g/mol. The van der Waals surface area contributed by atoms with Crippen molar-refractivity contribution in [3.8, 4) is 0 Å². The number of carbonyl (C=O) groups excluding carboxylic acids is 3. The van der Waals surface area contributed by atoms with E-state index in [2.05, 4.69) is 15.4 Å². The number of rotatable bonds is 9. The summed E-state index contributed by atoms with van der Waals surface area (Å²) in [7, 11) is 1.16. The molecule has 8 nitrogen and oxygen atoms in total. The monoisotopic (exact) mass is 368 g/mol. The molecule has 0 saturated carbocycles. The number of halogens is 1. The molecule has 0 aliphatic heterocycles. The zero-order chi connectivity index (χ0) is 19.7. The third kappa shape index (κ3) is 6.88. The molecule has 0 spiro atoms. The van der Waals surface area contributed by atoms with Gasteiger partial charge in [-0.05, 0) is 18.1 Å². The number of carboxylic acid groups (broad SMARTS) is 1. The van der Waals surface area contributed by atoms with Crippen LogP contribution >= 0.6 is 0 Å². The summed E-state index contributed by atoms with van der Waals surface area (Å²) in [5.41, 5.74) is 0.197. The molecule has 1 aromatic carbocycles. The number of ether oxygens (including phenoxy) is 1. The third-order valence-corrected chi connectivity index (χ3v) is 3.56. The molecule has 0 aliphatic rings. The highest BCUT2D eigenvalue weighted by molar-refractivity contribution is 5.90. The van der Waals surface area contributed by atoms with Crippen molar-refractivity contribution in [1.82, 2.24) is 10.6 Å². The van der Waals surface area contributed by atoms with Crippen LogP contribution < -0.4 is 10.6 Å². The molecule has 0 unspecified atom stereocenters. The average Bonchev–Trinajstić information content (AvgIpc) is 2.58. The number of carbonyl (C=O) groups is 4. The molecule has 0 bridgehead atoms. The van der Waals surface area contributed by atoms with Crippen molar-refractivity contribution in [3.63, 3.8) is 0 Å². The Morgan fingerprint density at radius 1 is 1.15 bits per heavy atom. The van der Waals surface area contributed by atoms with Crippen LogP contribution in [-0.4, -0.2) is 48.1 Å². The molecule has 0 radical (unpaired) electrons. The summed E-state index contributed by atoms with van der Waals surface area (Å²) in [6.07, 6.45) is -0.534. The molecule has 0 aromatic heterocycles. The molecule has 2 amide bonds. The van der Waals surface area contributed by atoms with Gasteiger partial charge in [-0.3, -0.25) is 14.4 Å². The van der Waals surface area contributed by atoms with Gasteiger partial charge in [0.05, 0.1) is 7.11 Å². The van der Waals surface area contributed by atoms with Gasteiger partial charge < -0.3 is 20.5 Å². The lowest BCUT2D eigenvalue weighted by Gasteiger charge is -2.21. The first-order valence-corrected chi connectivity index (χ1v) is 7.85. The van der Waals surface area contributed by atoms with E-state index in [4.69, 9.17) is 0 Å². The number of carboxylic acids is 1. The molecular formula is C17H21FN2O6. The summed E-state index contributed by atoms with van der Waals surface area (Å²) >= 11 is 0. The van der Waals surface area contributed by atoms with E-state index in [1.165, 1.54) is 25.1 Å². The van der Waals surface area contributed by atoms with Gasteiger partial charge in [0.15, 0.2) is 0 Å². The number of methoxy groups -OCH3 is 1. The van der Waals surface area contributed by atoms with Crippen LogP contribution in [0.4, 0.5) is 4.39 Å². The molecule has 142 valence electrons. The first-order chi connectivity index (χ1) is 12.2. The van der Waals surface area contributed by atoms with Crippen LogP contribution in [-0.2, 0) is 30.3 Å². The third-order valence-electron chi connectivity index (χ3n) is 3.56. The highest BCUT2D eigenvalue weighted by Crippen LogP contribution is 2.10. The highest BCUT2D eigenvalue weighted by atomic mass is 19.1. The van der Waals surface area contributed by atoms with Crippen molar-refractivity contribution < 1.29 is 33.4 Å². The number of hydrogen-bond acceptors (Lipinski definition) is 5. The van der Waals surface area contributed by atoms with E-state index in [0.717, 1.165) is 7.11 Å². The molecule has 0 heterocycles. The van der Waals surface area contributed by atoms with Crippen molar-refractivity contribution in [2.75, 3.05) is 7.11 Å². The zero-order valence-electron chi connectivity index (χ0n) is 14.5. The van der Waals surface area contributed by atoms with E-state index in [9.17, 15) is 28.7 Å². The minimum atomic E-state index is -1.35. The van der Waals surface area contributed by atoms with E-state index in [1.54, 1.807) is 6.07 Å². The Hall–Kier alpha value is -2.97. The number of aliphatic carboxylic acids is 1. The minimum Gasteiger partial charge on any atom is -0.480 e. The van der Waals surface area contributed by atoms with E-state index < -0.39 is 41.7 Å². The van der Waals surface area contributed by atoms with Crippen LogP contribution in [0.5, 0.6) is 0 Å². The molecule has 1 aromatic rings. The predicted octanol–water partition coefficient (Wildman–Crippen LogP) is 0.395. The molecule has 0 aliphatic carbocycles. The Kier molecular flexibility index (Phi) is 8.20. The van der Waals surface area contributed by atoms with Crippen LogP contribution in [0.25, 0.3) is 0 Å². The lowest BCUT2D eigenvalue weighted by molar-refractivity contribution is -0.144. The van der Waals surface area contributed by atoms with Crippen molar-refractivity contribution in [3.05, 3.63) is 35.6 Å². The van der Waals surface area contributed by atoms with E-state index in [0.29, 0.717) is 0 Å². The fraction of sp³-hybridized carbons (Fsp3) is 0.412. The second-order valence-electron chi connectivity index (χ2n) is 5.56. The Morgan fingerprint density at radius 2 is 1.81 bits per heavy atom. The average molecular weight is 368 g/mol. The first kappa shape index (κ1) is 21.1. The topological polar surface area (TPSA) is 122 Å². The SMILES string of the molecule is COC(=O)CC[C@H](NC(=O)[C@@H](Cc1ccccc1F)NC(C)=O)C(=O)O. The van der Waals surface area contributed by atoms with Crippen molar-refractivity contribution in [1.29, 1.82) is 0 Å². The fourth-order valence-electron chi connectivity index (χ4n) is 2.23. The number of amides is 2. The Morgan fingerprint density at radius 3 is 2.35 bits per heavy atom. The second-order valence-corrected chi connectivity index (χ2v) is 5.56. The zero-order valence-corrected chi connectivity index (χ0v) is 14.5. The summed E-state index contributed by atoms with van der Waals surface area (Å²) in [6.45, 7) is 1.19. The maximum Gasteiger partial charge on any atom is 0.326 e. The number of benzene rings is 1. The van der Waals surface area contributed by atoms with E-state index in [-0.39, 0.29) is 24.8 Å². The van der Waals surface area contributed by atoms with Crippen LogP contribution in [0.15, 0.2) is 24.3 Å². The van der Waals surface area contributed by atoms with E-state index >= 15 is 0 Å². The van der Waals surface area contributed by atoms with Gasteiger partial charge >= 0.3 is 11.9 Å². The van der Waals surface area contributed by atoms with Gasteiger partial charge in [-0.15, -0.1) is 0 Å². The lowest BCUT2D eigenvalue weighted by atomic mass is 10.0. The van der Waals surface area contributed by atoms with E-state index in [1.807, 2.05) is 0 Å². The van der Waals surface area contributed by atoms with Crippen LogP contribution in [0.2, 0.25) is 0 Å². The van der Waals surface area contributed by atoms with Gasteiger partial charge in [-0.25, -0.2) is 9.18 Å². The fourth-order valence-corrected chi connectivity index (χ4v) is 2.23. The molecule has 9 heteroatoms. The predicted molar refractivity (Wildman–Crippen MR) is 88.5 cm³/mol. The highest BCUT2D eigenvalue weighted by Gasteiger charge is 2.27. The molecule has 0 fully saturated rings. The molecule has 0 saturated heterocycles. The quantitative estimate of drug-likeness (QED) is 0.542. The maximum absolute atomic E-state index is 13.8. The Balaban J connectivity index is 2.86. The Labute approximate surface area is 149 Å². The summed E-state index contributed by atoms with van der Waals surface area (Å²) in [6, 6.07) is 3.23. The smallest absolute Gasteiger partial charge is 0.326 e. The normalized spacial score (nSPS) is 12.6. The van der Waals surface area contributed by atoms with Crippen LogP contribution in [0, 0.1) is 5.82 Å². The molecule has 3 N–H and O–H groups in total. The first-order valence-electron chi connectivity index (χ1n) is 7.85. The number of hydrogen-bond donors (Lipinski definition) is 3. The molecule has 2 atom stereocenters. The van der Waals surface area contributed by atoms with Crippen molar-refractivity contribution >= 4 is 23.8 Å². The van der Waals surface area contributed by atoms with Crippen LogP contribution in [0.3, 0.4) is 0 Å². The summed E-state index contributed by atoms with van der Waals surface area (Å²) < 4.78 is 18.2. The number of esters is 1. The lowest BCUT2D eigenvalue weighted by Crippen LogP contribution is -2.52. The van der Waals surface area contributed by atoms with Crippen molar-refractivity contribution in [2.45, 2.75) is 38.3 Å². The summed E-state index contributed by atoms with van der Waals surface area (Å²) in [4.78, 5) is 46.2. The number of nitrogens with one attached hydrogen (secondary N) is 2. The maximum atomic E-state index is 13.8. The van der Waals surface area contributed by atoms with Gasteiger partial charge in [-0.1, -0.05) is 18.2 Å². The Bertz CT molecular complexity index is 679. The largest absolute Gasteiger partial charge is 0.480 e. The summed E-state index contributed by atoms with van der Waals surface area (Å²) in [5.74, 6) is -3.82. The van der Waals surface area contributed by atoms with Gasteiger partial charge in [0.2, 0.25) is 11.8 Å². The molecule has 1 rings (SSSR count). The standard InChI is InChI=1S/C17H21FN2O6/c1-10(21)19-14(9-11-5-3-4-6-12(11)18)16(23)20-13(17(24)25)7-8-15(22)26-2/h3-6,13-14H,7-9H2,1-2H3,(H,19,21)(H,20,23)(H,24,25)/t13-,14+/m0/s1. The molecule has 26 heavy (non-hydrogen) atoms. The van der Waals surface area contributed by atoms with Gasteiger partial charge in [0.25, 0.3) is 0 Å². The summed E-state index contributed by atoms with van der Waals surface area (Å²) in [5, 5.41) is 13.8. The second kappa shape index (κ2) is 10.1. The van der Waals surface area contributed by atoms with Gasteiger partial charge in [0, 0.05) is 19.8 Å². The minimum absolute atomic E-state index is 0.151. The van der Waals surface area contributed by atoms with Crippen LogP contribution in [0.1, 0.15) is 25.3 Å². The van der Waals surface area contributed by atoms with Gasteiger partial charge in [-0.2, -0.15) is 0 Å². The van der Waals surface area contributed by atoms with Gasteiger partial charge in [0.1, 0.15) is 17.9 Å².